The van der Waals surface area contributed by atoms with Gasteiger partial charge >= 0.3 is 0 Å². The molecule has 5 heteroatoms. The summed E-state index contributed by atoms with van der Waals surface area (Å²) >= 11 is 3.32. The maximum atomic E-state index is 10.8. The van der Waals surface area contributed by atoms with E-state index < -0.39 is 5.91 Å². The van der Waals surface area contributed by atoms with Gasteiger partial charge in [0.15, 0.2) is 0 Å². The van der Waals surface area contributed by atoms with E-state index in [1.807, 2.05) is 0 Å². The zero-order valence-electron chi connectivity index (χ0n) is 6.54. The summed E-state index contributed by atoms with van der Waals surface area (Å²) in [4.78, 5) is 17.9. The first-order chi connectivity index (χ1) is 6.18. The lowest BCUT2D eigenvalue weighted by Crippen LogP contribution is -2.10. The van der Waals surface area contributed by atoms with E-state index in [4.69, 9.17) is 5.73 Å². The van der Waals surface area contributed by atoms with Crippen LogP contribution in [0.1, 0.15) is 10.4 Å². The SMILES string of the molecule is NC(=O)c1cnc2c(Br)c[nH]c2c1. The standard InChI is InChI=1S/C8H6BrN3O/c9-5-3-11-6-1-4(8(10)13)2-12-7(5)6/h1-3,11H,(H2,10,13). The van der Waals surface area contributed by atoms with Gasteiger partial charge in [0.05, 0.1) is 15.6 Å². The van der Waals surface area contributed by atoms with E-state index in [1.165, 1.54) is 6.20 Å². The Morgan fingerprint density at radius 1 is 1.62 bits per heavy atom. The largest absolute Gasteiger partial charge is 0.366 e. The number of nitrogens with two attached hydrogens (primary N) is 1. The van der Waals surface area contributed by atoms with Crippen LogP contribution < -0.4 is 5.73 Å². The summed E-state index contributed by atoms with van der Waals surface area (Å²) in [5.41, 5.74) is 7.10. The normalized spacial score (nSPS) is 10.5. The Balaban J connectivity index is 2.70. The molecule has 0 aliphatic heterocycles. The van der Waals surface area contributed by atoms with Crippen LogP contribution in [0.25, 0.3) is 11.0 Å². The van der Waals surface area contributed by atoms with Crippen molar-refractivity contribution in [3.63, 3.8) is 0 Å². The number of fused-ring (bicyclic) bond motifs is 1. The molecule has 2 aromatic rings. The fourth-order valence-corrected chi connectivity index (χ4v) is 1.54. The zero-order valence-corrected chi connectivity index (χ0v) is 8.13. The van der Waals surface area contributed by atoms with Gasteiger partial charge in [-0.05, 0) is 22.0 Å². The number of primary amides is 1. The molecule has 0 unspecified atom stereocenters. The number of hydrogen-bond donors (Lipinski definition) is 2. The molecule has 0 aliphatic rings. The minimum atomic E-state index is -0.472. The molecule has 2 aromatic heterocycles. The molecule has 1 amide bonds. The number of halogens is 1. The van der Waals surface area contributed by atoms with Crippen LogP contribution in [0.5, 0.6) is 0 Å². The Kier molecular flexibility index (Phi) is 1.81. The summed E-state index contributed by atoms with van der Waals surface area (Å²) in [5.74, 6) is -0.472. The second kappa shape index (κ2) is 2.85. The van der Waals surface area contributed by atoms with Crippen molar-refractivity contribution in [2.45, 2.75) is 0 Å². The summed E-state index contributed by atoms with van der Waals surface area (Å²) in [6, 6.07) is 1.68. The van der Waals surface area contributed by atoms with Gasteiger partial charge in [0, 0.05) is 12.4 Å². The van der Waals surface area contributed by atoms with Crippen LogP contribution in [-0.2, 0) is 0 Å². The highest BCUT2D eigenvalue weighted by molar-refractivity contribution is 9.10. The molecule has 0 saturated carbocycles. The molecular formula is C8H6BrN3O. The van der Waals surface area contributed by atoms with E-state index in [-0.39, 0.29) is 0 Å². The van der Waals surface area contributed by atoms with Crippen molar-refractivity contribution in [2.24, 2.45) is 5.73 Å². The zero-order chi connectivity index (χ0) is 9.42. The first-order valence-electron chi connectivity index (χ1n) is 3.61. The van der Waals surface area contributed by atoms with E-state index >= 15 is 0 Å². The van der Waals surface area contributed by atoms with Crippen LogP contribution in [0.15, 0.2) is 22.9 Å². The monoisotopic (exact) mass is 239 g/mol. The second-order valence-electron chi connectivity index (χ2n) is 2.62. The number of amides is 1. The number of nitrogens with one attached hydrogen (secondary N) is 1. The number of aromatic amines is 1. The molecule has 0 saturated heterocycles. The van der Waals surface area contributed by atoms with Crippen LogP contribution in [0.2, 0.25) is 0 Å². The van der Waals surface area contributed by atoms with Gasteiger partial charge in [-0.15, -0.1) is 0 Å². The lowest BCUT2D eigenvalue weighted by Gasteiger charge is -1.94. The number of H-pyrrole nitrogens is 1. The van der Waals surface area contributed by atoms with Crippen molar-refractivity contribution in [3.05, 3.63) is 28.5 Å². The van der Waals surface area contributed by atoms with Crippen LogP contribution in [0.3, 0.4) is 0 Å². The van der Waals surface area contributed by atoms with Gasteiger partial charge in [0.1, 0.15) is 5.52 Å². The highest BCUT2D eigenvalue weighted by Crippen LogP contribution is 2.21. The number of aromatic nitrogens is 2. The van der Waals surface area contributed by atoms with E-state index in [0.29, 0.717) is 5.56 Å². The highest BCUT2D eigenvalue weighted by Gasteiger charge is 2.05. The average molecular weight is 240 g/mol. The first kappa shape index (κ1) is 8.25. The summed E-state index contributed by atoms with van der Waals surface area (Å²) in [6.45, 7) is 0. The number of rotatable bonds is 1. The third-order valence-corrected chi connectivity index (χ3v) is 2.36. The van der Waals surface area contributed by atoms with Gasteiger partial charge in [-0.2, -0.15) is 0 Å². The maximum absolute atomic E-state index is 10.8. The number of nitrogens with zero attached hydrogens (tertiary/aromatic N) is 1. The number of carbonyl (C=O) groups excluding carboxylic acids is 1. The Morgan fingerprint density at radius 2 is 2.38 bits per heavy atom. The quantitative estimate of drug-likeness (QED) is 0.791. The van der Waals surface area contributed by atoms with E-state index in [9.17, 15) is 4.79 Å². The molecule has 13 heavy (non-hydrogen) atoms. The molecule has 0 radical (unpaired) electrons. The lowest BCUT2D eigenvalue weighted by atomic mass is 10.2. The second-order valence-corrected chi connectivity index (χ2v) is 3.48. The fourth-order valence-electron chi connectivity index (χ4n) is 1.11. The average Bonchev–Trinajstić information content (AvgIpc) is 2.47. The van der Waals surface area contributed by atoms with E-state index in [1.54, 1.807) is 12.3 Å². The maximum Gasteiger partial charge on any atom is 0.250 e. The highest BCUT2D eigenvalue weighted by atomic mass is 79.9. The van der Waals surface area contributed by atoms with Gasteiger partial charge in [-0.25, -0.2) is 0 Å². The van der Waals surface area contributed by atoms with Crippen molar-refractivity contribution >= 4 is 32.9 Å². The molecule has 0 fully saturated rings. The predicted octanol–water partition coefficient (Wildman–Crippen LogP) is 1.42. The Bertz CT molecular complexity index is 477. The first-order valence-corrected chi connectivity index (χ1v) is 4.40. The van der Waals surface area contributed by atoms with E-state index in [0.717, 1.165) is 15.5 Å². The third-order valence-electron chi connectivity index (χ3n) is 1.75. The van der Waals surface area contributed by atoms with Gasteiger partial charge < -0.3 is 10.7 Å². The molecule has 66 valence electrons. The van der Waals surface area contributed by atoms with Crippen molar-refractivity contribution in [1.29, 1.82) is 0 Å². The summed E-state index contributed by atoms with van der Waals surface area (Å²) in [7, 11) is 0. The molecule has 2 rings (SSSR count). The lowest BCUT2D eigenvalue weighted by molar-refractivity contribution is 0.1000. The van der Waals surface area contributed by atoms with Gasteiger partial charge in [0.25, 0.3) is 0 Å². The summed E-state index contributed by atoms with van der Waals surface area (Å²) < 4.78 is 0.874. The van der Waals surface area contributed by atoms with Crippen LogP contribution in [0.4, 0.5) is 0 Å². The van der Waals surface area contributed by atoms with Gasteiger partial charge in [0.2, 0.25) is 5.91 Å². The van der Waals surface area contributed by atoms with Gasteiger partial charge in [-0.1, -0.05) is 0 Å². The number of carbonyl (C=O) groups is 1. The third kappa shape index (κ3) is 1.31. The molecule has 0 aromatic carbocycles. The number of hydrogen-bond acceptors (Lipinski definition) is 2. The minimum Gasteiger partial charge on any atom is -0.366 e. The van der Waals surface area contributed by atoms with Gasteiger partial charge in [-0.3, -0.25) is 9.78 Å². The smallest absolute Gasteiger partial charge is 0.250 e. The van der Waals surface area contributed by atoms with Crippen molar-refractivity contribution < 1.29 is 4.79 Å². The molecule has 4 nitrogen and oxygen atoms in total. The van der Waals surface area contributed by atoms with Crippen molar-refractivity contribution in [1.82, 2.24) is 9.97 Å². The Hall–Kier alpha value is -1.36. The molecule has 0 spiro atoms. The minimum absolute atomic E-state index is 0.404. The molecule has 0 aliphatic carbocycles. The van der Waals surface area contributed by atoms with E-state index in [2.05, 4.69) is 25.9 Å². The van der Waals surface area contributed by atoms with Crippen LogP contribution in [0, 0.1) is 0 Å². The Labute approximate surface area is 82.3 Å². The number of pyridine rings is 1. The molecular weight excluding hydrogens is 234 g/mol. The van der Waals surface area contributed by atoms with Crippen molar-refractivity contribution in [2.75, 3.05) is 0 Å². The molecule has 0 bridgehead atoms. The topological polar surface area (TPSA) is 71.8 Å². The van der Waals surface area contributed by atoms with Crippen LogP contribution in [-0.4, -0.2) is 15.9 Å². The van der Waals surface area contributed by atoms with Crippen LogP contribution >= 0.6 is 15.9 Å². The molecule has 0 atom stereocenters. The molecule has 3 N–H and O–H groups in total. The summed E-state index contributed by atoms with van der Waals surface area (Å²) in [6.07, 6.45) is 3.23. The summed E-state index contributed by atoms with van der Waals surface area (Å²) in [5, 5.41) is 0. The fraction of sp³-hybridized carbons (Fsp3) is 0. The molecule has 2 heterocycles. The van der Waals surface area contributed by atoms with Crippen molar-refractivity contribution in [3.8, 4) is 0 Å². The Morgan fingerprint density at radius 3 is 3.08 bits per heavy atom. The predicted molar refractivity (Wildman–Crippen MR) is 52.3 cm³/mol.